The van der Waals surface area contributed by atoms with E-state index in [-0.39, 0.29) is 11.2 Å². The van der Waals surface area contributed by atoms with Crippen LogP contribution in [0.1, 0.15) is 6.92 Å². The molecule has 0 saturated carbocycles. The lowest BCUT2D eigenvalue weighted by atomic mass is 10.3. The molecule has 7 heteroatoms. The molecule has 0 saturated heterocycles. The molecular weight excluding hydrogens is 364 g/mol. The number of carbonyl (C=O) groups is 1. The van der Waals surface area contributed by atoms with E-state index in [1.54, 1.807) is 36.6 Å². The maximum absolute atomic E-state index is 12.5. The molecule has 0 aliphatic carbocycles. The molecule has 0 aliphatic heterocycles. The average Bonchev–Trinajstić information content (AvgIpc) is 2.97. The van der Waals surface area contributed by atoms with E-state index >= 15 is 0 Å². The van der Waals surface area contributed by atoms with Crippen molar-refractivity contribution in [2.45, 2.75) is 16.5 Å². The molecule has 3 aromatic rings. The van der Waals surface area contributed by atoms with Gasteiger partial charge in [0.05, 0.1) is 28.3 Å². The number of benzene rings is 2. The van der Waals surface area contributed by atoms with Crippen LogP contribution in [0.3, 0.4) is 0 Å². The maximum atomic E-state index is 12.5. The smallest absolute Gasteiger partial charge is 0.237 e. The van der Waals surface area contributed by atoms with Gasteiger partial charge in [0.1, 0.15) is 5.75 Å². The summed E-state index contributed by atoms with van der Waals surface area (Å²) >= 11 is 9.01. The Morgan fingerprint density at radius 1 is 1.33 bits per heavy atom. The lowest BCUT2D eigenvalue weighted by Gasteiger charge is -2.13. The highest BCUT2D eigenvalue weighted by molar-refractivity contribution is 8.02. The quantitative estimate of drug-likeness (QED) is 0.629. The van der Waals surface area contributed by atoms with Gasteiger partial charge in [0.15, 0.2) is 4.34 Å². The first-order valence-corrected chi connectivity index (χ1v) is 9.31. The standard InChI is InChI=1S/C17H15ClN2O2S2/c1-10(23-17-20-12-5-3-4-6-15(12)24-17)16(21)19-13-9-11(18)7-8-14(13)22-2/h3-10H,1-2H3,(H,19,21)/t10-/m1/s1. The first-order valence-electron chi connectivity index (χ1n) is 7.23. The molecule has 124 valence electrons. The lowest BCUT2D eigenvalue weighted by molar-refractivity contribution is -0.115. The van der Waals surface area contributed by atoms with Gasteiger partial charge in [-0.2, -0.15) is 0 Å². The normalized spacial score (nSPS) is 12.1. The zero-order chi connectivity index (χ0) is 17.1. The molecule has 0 aliphatic rings. The summed E-state index contributed by atoms with van der Waals surface area (Å²) in [5.41, 5.74) is 1.51. The highest BCUT2D eigenvalue weighted by atomic mass is 35.5. The van der Waals surface area contributed by atoms with Crippen molar-refractivity contribution >= 4 is 56.5 Å². The molecule has 1 N–H and O–H groups in total. The van der Waals surface area contributed by atoms with Crippen LogP contribution >= 0.6 is 34.7 Å². The van der Waals surface area contributed by atoms with E-state index in [1.807, 2.05) is 31.2 Å². The molecule has 0 spiro atoms. The minimum atomic E-state index is -0.297. The van der Waals surface area contributed by atoms with Crippen LogP contribution in [0.15, 0.2) is 46.8 Å². The Morgan fingerprint density at radius 3 is 2.88 bits per heavy atom. The molecule has 1 heterocycles. The Morgan fingerprint density at radius 2 is 2.12 bits per heavy atom. The number of thioether (sulfide) groups is 1. The van der Waals surface area contributed by atoms with E-state index in [2.05, 4.69) is 10.3 Å². The summed E-state index contributed by atoms with van der Waals surface area (Å²) in [6.45, 7) is 1.85. The number of ether oxygens (including phenoxy) is 1. The summed E-state index contributed by atoms with van der Waals surface area (Å²) in [6.07, 6.45) is 0. The predicted molar refractivity (Wildman–Crippen MR) is 102 cm³/mol. The van der Waals surface area contributed by atoms with E-state index in [1.165, 1.54) is 11.8 Å². The number of fused-ring (bicyclic) bond motifs is 1. The summed E-state index contributed by atoms with van der Waals surface area (Å²) in [6, 6.07) is 13.1. The topological polar surface area (TPSA) is 51.2 Å². The summed E-state index contributed by atoms with van der Waals surface area (Å²) in [7, 11) is 1.55. The van der Waals surface area contributed by atoms with Crippen LogP contribution in [0.25, 0.3) is 10.2 Å². The van der Waals surface area contributed by atoms with E-state index in [9.17, 15) is 4.79 Å². The molecule has 2 aromatic carbocycles. The molecule has 1 atom stereocenters. The molecular formula is C17H15ClN2O2S2. The van der Waals surface area contributed by atoms with E-state index in [4.69, 9.17) is 16.3 Å². The molecule has 0 fully saturated rings. The summed E-state index contributed by atoms with van der Waals surface area (Å²) in [5.74, 6) is 0.449. The fraction of sp³-hybridized carbons (Fsp3) is 0.176. The fourth-order valence-corrected chi connectivity index (χ4v) is 4.50. The van der Waals surface area contributed by atoms with Gasteiger partial charge in [-0.25, -0.2) is 4.98 Å². The molecule has 24 heavy (non-hydrogen) atoms. The lowest BCUT2D eigenvalue weighted by Crippen LogP contribution is -2.22. The highest BCUT2D eigenvalue weighted by Crippen LogP contribution is 2.33. The summed E-state index contributed by atoms with van der Waals surface area (Å²) < 4.78 is 7.24. The van der Waals surface area contributed by atoms with Crippen LogP contribution in [0.5, 0.6) is 5.75 Å². The zero-order valence-electron chi connectivity index (χ0n) is 13.1. The van der Waals surface area contributed by atoms with Gasteiger partial charge in [0, 0.05) is 5.02 Å². The second-order valence-electron chi connectivity index (χ2n) is 5.04. The van der Waals surface area contributed by atoms with Gasteiger partial charge in [0.2, 0.25) is 5.91 Å². The molecule has 4 nitrogen and oxygen atoms in total. The van der Waals surface area contributed by atoms with Gasteiger partial charge in [-0.15, -0.1) is 11.3 Å². The van der Waals surface area contributed by atoms with Crippen molar-refractivity contribution in [2.75, 3.05) is 12.4 Å². The van der Waals surface area contributed by atoms with E-state index in [0.717, 1.165) is 14.6 Å². The van der Waals surface area contributed by atoms with Crippen LogP contribution in [-0.2, 0) is 4.79 Å². The van der Waals surface area contributed by atoms with Gasteiger partial charge < -0.3 is 10.1 Å². The van der Waals surface area contributed by atoms with Gasteiger partial charge in [-0.05, 0) is 37.3 Å². The Labute approximate surface area is 153 Å². The molecule has 3 rings (SSSR count). The number of aromatic nitrogens is 1. The number of halogens is 1. The second-order valence-corrected chi connectivity index (χ2v) is 8.10. The first-order chi connectivity index (χ1) is 11.6. The number of hydrogen-bond donors (Lipinski definition) is 1. The Bertz CT molecular complexity index is 849. The third-order valence-corrected chi connectivity index (χ3v) is 5.81. The van der Waals surface area contributed by atoms with Crippen molar-refractivity contribution in [3.8, 4) is 5.75 Å². The summed E-state index contributed by atoms with van der Waals surface area (Å²) in [5, 5.41) is 3.11. The molecule has 1 amide bonds. The van der Waals surface area contributed by atoms with Crippen LogP contribution in [0.2, 0.25) is 5.02 Å². The van der Waals surface area contributed by atoms with Crippen molar-refractivity contribution < 1.29 is 9.53 Å². The number of rotatable bonds is 5. The first kappa shape index (κ1) is 17.1. The Hall–Kier alpha value is -1.76. The molecule has 0 unspecified atom stereocenters. The number of methoxy groups -OCH3 is 1. The van der Waals surface area contributed by atoms with Gasteiger partial charge in [-0.3, -0.25) is 4.79 Å². The number of para-hydroxylation sites is 1. The highest BCUT2D eigenvalue weighted by Gasteiger charge is 2.18. The van der Waals surface area contributed by atoms with Crippen molar-refractivity contribution in [1.82, 2.24) is 4.98 Å². The van der Waals surface area contributed by atoms with Crippen molar-refractivity contribution in [1.29, 1.82) is 0 Å². The van der Waals surface area contributed by atoms with Crippen molar-refractivity contribution in [3.63, 3.8) is 0 Å². The van der Waals surface area contributed by atoms with E-state index < -0.39 is 0 Å². The fourth-order valence-electron chi connectivity index (χ4n) is 2.12. The Balaban J connectivity index is 1.71. The van der Waals surface area contributed by atoms with E-state index in [0.29, 0.717) is 16.5 Å². The van der Waals surface area contributed by atoms with Gasteiger partial charge >= 0.3 is 0 Å². The van der Waals surface area contributed by atoms with Crippen LogP contribution in [-0.4, -0.2) is 23.3 Å². The number of thiazole rings is 1. The minimum absolute atomic E-state index is 0.125. The minimum Gasteiger partial charge on any atom is -0.495 e. The zero-order valence-corrected chi connectivity index (χ0v) is 15.5. The third-order valence-electron chi connectivity index (χ3n) is 3.34. The maximum Gasteiger partial charge on any atom is 0.237 e. The van der Waals surface area contributed by atoms with Crippen LogP contribution in [0, 0.1) is 0 Å². The molecule has 0 bridgehead atoms. The monoisotopic (exact) mass is 378 g/mol. The molecule has 1 aromatic heterocycles. The SMILES string of the molecule is COc1ccc(Cl)cc1NC(=O)[C@@H](C)Sc1nc2ccccc2s1. The number of carbonyl (C=O) groups excluding carboxylic acids is 1. The van der Waals surface area contributed by atoms with Gasteiger partial charge in [0.25, 0.3) is 0 Å². The van der Waals surface area contributed by atoms with Crippen LogP contribution < -0.4 is 10.1 Å². The van der Waals surface area contributed by atoms with Crippen molar-refractivity contribution in [3.05, 3.63) is 47.5 Å². The number of anilines is 1. The van der Waals surface area contributed by atoms with Gasteiger partial charge in [-0.1, -0.05) is 35.5 Å². The number of amides is 1. The summed E-state index contributed by atoms with van der Waals surface area (Å²) in [4.78, 5) is 17.0. The Kier molecular flexibility index (Phi) is 5.28. The largest absolute Gasteiger partial charge is 0.495 e. The van der Waals surface area contributed by atoms with Crippen LogP contribution in [0.4, 0.5) is 5.69 Å². The number of nitrogens with zero attached hydrogens (tertiary/aromatic N) is 1. The molecule has 0 radical (unpaired) electrons. The number of nitrogens with one attached hydrogen (secondary N) is 1. The second kappa shape index (κ2) is 7.42. The van der Waals surface area contributed by atoms with Crippen molar-refractivity contribution in [2.24, 2.45) is 0 Å². The average molecular weight is 379 g/mol. The third kappa shape index (κ3) is 3.83. The number of hydrogen-bond acceptors (Lipinski definition) is 5. The predicted octanol–water partition coefficient (Wildman–Crippen LogP) is 5.08.